The third-order valence-electron chi connectivity index (χ3n) is 4.52. The van der Waals surface area contributed by atoms with Crippen LogP contribution in [0.1, 0.15) is 22.8 Å². The topological polar surface area (TPSA) is 58.6 Å². The summed E-state index contributed by atoms with van der Waals surface area (Å²) < 4.78 is 5.97. The summed E-state index contributed by atoms with van der Waals surface area (Å²) in [6.45, 7) is 4.06. The Hall–Kier alpha value is -3.60. The number of carbonyl (C=O) groups excluding carboxylic acids is 2. The maximum absolute atomic E-state index is 12.4. The summed E-state index contributed by atoms with van der Waals surface area (Å²) in [4.78, 5) is 26.3. The molecule has 3 aromatic carbocycles. The van der Waals surface area contributed by atoms with Gasteiger partial charge >= 0.3 is 0 Å². The second-order valence-corrected chi connectivity index (χ2v) is 6.62. The predicted molar refractivity (Wildman–Crippen MR) is 114 cm³/mol. The molecule has 5 heteroatoms. The smallest absolute Gasteiger partial charge is 0.251 e. The van der Waals surface area contributed by atoms with Gasteiger partial charge in [0.2, 0.25) is 5.91 Å². The van der Waals surface area contributed by atoms with E-state index in [1.807, 2.05) is 79.7 Å². The average molecular weight is 388 g/mol. The SMILES string of the molecule is CC(=O)N(CCNC(=O)c1ccccc1C)c1ccccc1Oc1ccccc1. The number of ether oxygens (including phenoxy) is 1. The van der Waals surface area contributed by atoms with Gasteiger partial charge in [-0.3, -0.25) is 9.59 Å². The highest BCUT2D eigenvalue weighted by Gasteiger charge is 2.17. The molecule has 0 unspecified atom stereocenters. The fourth-order valence-corrected chi connectivity index (χ4v) is 3.03. The minimum Gasteiger partial charge on any atom is -0.455 e. The molecule has 0 atom stereocenters. The lowest BCUT2D eigenvalue weighted by molar-refractivity contribution is -0.116. The highest BCUT2D eigenvalue weighted by atomic mass is 16.5. The van der Waals surface area contributed by atoms with E-state index in [-0.39, 0.29) is 11.8 Å². The van der Waals surface area contributed by atoms with Crippen molar-refractivity contribution in [3.63, 3.8) is 0 Å². The van der Waals surface area contributed by atoms with Crippen LogP contribution in [-0.4, -0.2) is 24.9 Å². The standard InChI is InChI=1S/C24H24N2O3/c1-18-10-6-7-13-21(18)24(28)25-16-17-26(19(2)27)22-14-8-9-15-23(22)29-20-11-4-3-5-12-20/h3-15H,16-17H2,1-2H3,(H,25,28). The molecule has 2 amide bonds. The molecular formula is C24H24N2O3. The van der Waals surface area contributed by atoms with Crippen LogP contribution in [-0.2, 0) is 4.79 Å². The molecule has 0 saturated carbocycles. The molecule has 148 valence electrons. The Morgan fingerprint density at radius 1 is 0.897 bits per heavy atom. The van der Waals surface area contributed by atoms with Crippen molar-refractivity contribution in [2.24, 2.45) is 0 Å². The van der Waals surface area contributed by atoms with Crippen molar-refractivity contribution in [1.29, 1.82) is 0 Å². The highest BCUT2D eigenvalue weighted by Crippen LogP contribution is 2.32. The number of nitrogens with zero attached hydrogens (tertiary/aromatic N) is 1. The molecule has 0 aromatic heterocycles. The molecule has 5 nitrogen and oxygen atoms in total. The van der Waals surface area contributed by atoms with E-state index in [1.165, 1.54) is 6.92 Å². The highest BCUT2D eigenvalue weighted by molar-refractivity contribution is 5.96. The molecule has 0 spiro atoms. The number of para-hydroxylation sites is 3. The van der Waals surface area contributed by atoms with Crippen LogP contribution in [0.2, 0.25) is 0 Å². The summed E-state index contributed by atoms with van der Waals surface area (Å²) in [5, 5.41) is 2.89. The molecule has 0 fully saturated rings. The van der Waals surface area contributed by atoms with E-state index in [9.17, 15) is 9.59 Å². The van der Waals surface area contributed by atoms with Crippen LogP contribution < -0.4 is 15.0 Å². The number of hydrogen-bond donors (Lipinski definition) is 1. The molecular weight excluding hydrogens is 364 g/mol. The zero-order valence-corrected chi connectivity index (χ0v) is 16.6. The monoisotopic (exact) mass is 388 g/mol. The third-order valence-corrected chi connectivity index (χ3v) is 4.52. The summed E-state index contributed by atoms with van der Waals surface area (Å²) in [6, 6.07) is 24.2. The Kier molecular flexibility index (Phi) is 6.63. The maximum atomic E-state index is 12.4. The van der Waals surface area contributed by atoms with Crippen molar-refractivity contribution < 1.29 is 14.3 Å². The van der Waals surface area contributed by atoms with Gasteiger partial charge in [0.05, 0.1) is 5.69 Å². The van der Waals surface area contributed by atoms with Gasteiger partial charge in [0.25, 0.3) is 5.91 Å². The number of rotatable bonds is 7. The number of carbonyl (C=O) groups is 2. The third kappa shape index (κ3) is 5.23. The molecule has 0 bridgehead atoms. The molecule has 3 rings (SSSR count). The molecule has 29 heavy (non-hydrogen) atoms. The van der Waals surface area contributed by atoms with Crippen LogP contribution in [0.3, 0.4) is 0 Å². The lowest BCUT2D eigenvalue weighted by atomic mass is 10.1. The minimum atomic E-state index is -0.152. The van der Waals surface area contributed by atoms with Gasteiger partial charge in [-0.15, -0.1) is 0 Å². The van der Waals surface area contributed by atoms with Gasteiger partial charge < -0.3 is 15.0 Å². The maximum Gasteiger partial charge on any atom is 0.251 e. The number of benzene rings is 3. The van der Waals surface area contributed by atoms with Gasteiger partial charge in [-0.05, 0) is 42.8 Å². The molecule has 0 saturated heterocycles. The predicted octanol–water partition coefficient (Wildman–Crippen LogP) is 4.57. The average Bonchev–Trinajstić information content (AvgIpc) is 2.72. The van der Waals surface area contributed by atoms with Crippen LogP contribution in [0.15, 0.2) is 78.9 Å². The van der Waals surface area contributed by atoms with Crippen molar-refractivity contribution in [3.8, 4) is 11.5 Å². The van der Waals surface area contributed by atoms with Crippen molar-refractivity contribution in [2.45, 2.75) is 13.8 Å². The van der Waals surface area contributed by atoms with Crippen molar-refractivity contribution >= 4 is 17.5 Å². The van der Waals surface area contributed by atoms with Crippen LogP contribution in [0.5, 0.6) is 11.5 Å². The van der Waals surface area contributed by atoms with E-state index >= 15 is 0 Å². The van der Waals surface area contributed by atoms with Crippen LogP contribution in [0, 0.1) is 6.92 Å². The molecule has 3 aromatic rings. The van der Waals surface area contributed by atoms with Crippen molar-refractivity contribution in [2.75, 3.05) is 18.0 Å². The summed E-state index contributed by atoms with van der Waals surface area (Å²) >= 11 is 0. The zero-order valence-electron chi connectivity index (χ0n) is 16.6. The lowest BCUT2D eigenvalue weighted by Crippen LogP contribution is -2.37. The first-order valence-corrected chi connectivity index (χ1v) is 9.50. The van der Waals surface area contributed by atoms with E-state index in [0.29, 0.717) is 35.8 Å². The van der Waals surface area contributed by atoms with E-state index in [2.05, 4.69) is 5.32 Å². The number of aryl methyl sites for hydroxylation is 1. The second kappa shape index (κ2) is 9.55. The first-order valence-electron chi connectivity index (χ1n) is 9.50. The number of amides is 2. The molecule has 0 aliphatic carbocycles. The fraction of sp³-hybridized carbons (Fsp3) is 0.167. The van der Waals surface area contributed by atoms with Crippen molar-refractivity contribution in [1.82, 2.24) is 5.32 Å². The Morgan fingerprint density at radius 2 is 1.55 bits per heavy atom. The number of anilines is 1. The van der Waals surface area contributed by atoms with E-state index in [4.69, 9.17) is 4.74 Å². The minimum absolute atomic E-state index is 0.126. The van der Waals surface area contributed by atoms with Gasteiger partial charge in [0.15, 0.2) is 5.75 Å². The zero-order chi connectivity index (χ0) is 20.6. The lowest BCUT2D eigenvalue weighted by Gasteiger charge is -2.24. The van der Waals surface area contributed by atoms with E-state index in [1.54, 1.807) is 11.0 Å². The van der Waals surface area contributed by atoms with Crippen molar-refractivity contribution in [3.05, 3.63) is 90.0 Å². The quantitative estimate of drug-likeness (QED) is 0.645. The summed E-state index contributed by atoms with van der Waals surface area (Å²) in [7, 11) is 0. The summed E-state index contributed by atoms with van der Waals surface area (Å²) in [5.74, 6) is 0.995. The largest absolute Gasteiger partial charge is 0.455 e. The van der Waals surface area contributed by atoms with Gasteiger partial charge in [0.1, 0.15) is 5.75 Å². The molecule has 1 N–H and O–H groups in total. The second-order valence-electron chi connectivity index (χ2n) is 6.62. The normalized spacial score (nSPS) is 10.3. The summed E-state index contributed by atoms with van der Waals surface area (Å²) in [5.41, 5.74) is 2.21. The fourth-order valence-electron chi connectivity index (χ4n) is 3.03. The van der Waals surface area contributed by atoms with Gasteiger partial charge in [-0.2, -0.15) is 0 Å². The van der Waals surface area contributed by atoms with Crippen LogP contribution in [0.4, 0.5) is 5.69 Å². The van der Waals surface area contributed by atoms with Gasteiger partial charge in [-0.25, -0.2) is 0 Å². The Balaban J connectivity index is 1.71. The van der Waals surface area contributed by atoms with Gasteiger partial charge in [-0.1, -0.05) is 48.5 Å². The first kappa shape index (κ1) is 20.1. The van der Waals surface area contributed by atoms with Gasteiger partial charge in [0, 0.05) is 25.6 Å². The Bertz CT molecular complexity index is 986. The van der Waals surface area contributed by atoms with E-state index in [0.717, 1.165) is 5.56 Å². The molecule has 0 heterocycles. The van der Waals surface area contributed by atoms with E-state index < -0.39 is 0 Å². The molecule has 0 aliphatic rings. The molecule has 0 aliphatic heterocycles. The summed E-state index contributed by atoms with van der Waals surface area (Å²) in [6.07, 6.45) is 0. The molecule has 0 radical (unpaired) electrons. The van der Waals surface area contributed by atoms with Crippen LogP contribution in [0.25, 0.3) is 0 Å². The van der Waals surface area contributed by atoms with Crippen LogP contribution >= 0.6 is 0 Å². The number of nitrogens with one attached hydrogen (secondary N) is 1. The Labute approximate surface area is 170 Å². The Morgan fingerprint density at radius 3 is 2.28 bits per heavy atom. The first-order chi connectivity index (χ1) is 14.1. The number of hydrogen-bond acceptors (Lipinski definition) is 3.